The predicted molar refractivity (Wildman–Crippen MR) is 104 cm³/mol. The second-order valence-corrected chi connectivity index (χ2v) is 6.67. The molecule has 0 atom stereocenters. The van der Waals surface area contributed by atoms with Crippen LogP contribution in [0.3, 0.4) is 0 Å². The van der Waals surface area contributed by atoms with Crippen LogP contribution in [0, 0.1) is 0 Å². The minimum atomic E-state index is 0.366. The van der Waals surface area contributed by atoms with Gasteiger partial charge >= 0.3 is 0 Å². The van der Waals surface area contributed by atoms with E-state index < -0.39 is 0 Å². The monoisotopic (exact) mass is 436 g/mol. The van der Waals surface area contributed by atoms with E-state index in [0.717, 1.165) is 15.6 Å². The third kappa shape index (κ3) is 4.68. The maximum Gasteiger partial charge on any atom is 0.162 e. The normalized spacial score (nSPS) is 10.6. The molecular formula is C18H18BrClN4O2. The molecule has 8 heteroatoms. The molecular weight excluding hydrogens is 420 g/mol. The van der Waals surface area contributed by atoms with Gasteiger partial charge < -0.3 is 14.9 Å². The molecule has 136 valence electrons. The molecule has 0 bridgehead atoms. The molecule has 0 aliphatic rings. The van der Waals surface area contributed by atoms with Gasteiger partial charge in [-0.1, -0.05) is 45.7 Å². The second-order valence-electron chi connectivity index (χ2n) is 5.41. The van der Waals surface area contributed by atoms with Crippen LogP contribution in [0.25, 0.3) is 0 Å². The molecule has 1 aromatic heterocycles. The van der Waals surface area contributed by atoms with E-state index in [1.807, 2.05) is 43.3 Å². The summed E-state index contributed by atoms with van der Waals surface area (Å²) in [4.78, 5) is 0. The molecule has 0 unspecified atom stereocenters. The minimum absolute atomic E-state index is 0.366. The van der Waals surface area contributed by atoms with E-state index in [1.165, 1.54) is 0 Å². The van der Waals surface area contributed by atoms with Gasteiger partial charge in [-0.15, -0.1) is 10.2 Å². The molecule has 0 fully saturated rings. The van der Waals surface area contributed by atoms with Gasteiger partial charge in [0.2, 0.25) is 0 Å². The number of nitrogens with one attached hydrogen (secondary N) is 1. The Hall–Kier alpha value is -2.25. The molecule has 3 aromatic rings. The van der Waals surface area contributed by atoms with Crippen LogP contribution < -0.4 is 14.9 Å². The molecule has 0 spiro atoms. The van der Waals surface area contributed by atoms with Crippen LogP contribution in [-0.2, 0) is 13.2 Å². The summed E-state index contributed by atoms with van der Waals surface area (Å²) >= 11 is 9.79. The zero-order valence-corrected chi connectivity index (χ0v) is 16.5. The number of aromatic nitrogens is 3. The number of hydrogen-bond acceptors (Lipinski definition) is 5. The van der Waals surface area contributed by atoms with Crippen LogP contribution in [0.4, 0.5) is 0 Å². The first-order chi connectivity index (χ1) is 12.7. The Bertz CT molecular complexity index is 858. The zero-order valence-electron chi connectivity index (χ0n) is 14.2. The van der Waals surface area contributed by atoms with Gasteiger partial charge in [0.15, 0.2) is 11.5 Å². The van der Waals surface area contributed by atoms with Crippen LogP contribution in [0.2, 0.25) is 5.02 Å². The van der Waals surface area contributed by atoms with Crippen molar-refractivity contribution >= 4 is 27.5 Å². The Kier molecular flexibility index (Phi) is 6.35. The van der Waals surface area contributed by atoms with E-state index in [2.05, 4.69) is 31.6 Å². The second kappa shape index (κ2) is 8.91. The molecule has 0 aliphatic carbocycles. The summed E-state index contributed by atoms with van der Waals surface area (Å²) in [5.74, 6) is 1.34. The van der Waals surface area contributed by atoms with E-state index in [9.17, 15) is 0 Å². The molecule has 0 saturated carbocycles. The van der Waals surface area contributed by atoms with Crippen molar-refractivity contribution in [3.8, 4) is 11.5 Å². The average molecular weight is 438 g/mol. The molecule has 2 aromatic carbocycles. The van der Waals surface area contributed by atoms with E-state index in [-0.39, 0.29) is 0 Å². The smallest absolute Gasteiger partial charge is 0.162 e. The summed E-state index contributed by atoms with van der Waals surface area (Å²) in [5.41, 5.74) is 5.13. The van der Waals surface area contributed by atoms with E-state index in [1.54, 1.807) is 17.3 Å². The highest BCUT2D eigenvalue weighted by Crippen LogP contribution is 2.35. The van der Waals surface area contributed by atoms with Crippen LogP contribution in [0.5, 0.6) is 11.5 Å². The first kappa shape index (κ1) is 18.5. The molecule has 0 amide bonds. The third-order valence-corrected chi connectivity index (χ3v) is 4.73. The largest absolute Gasteiger partial charge is 0.490 e. The fraction of sp³-hybridized carbons (Fsp3) is 0.222. The van der Waals surface area contributed by atoms with Crippen molar-refractivity contribution in [3.63, 3.8) is 0 Å². The van der Waals surface area contributed by atoms with Gasteiger partial charge in [-0.25, -0.2) is 4.68 Å². The number of halogens is 2. The van der Waals surface area contributed by atoms with Gasteiger partial charge in [0.1, 0.15) is 19.3 Å². The Morgan fingerprint density at radius 3 is 2.54 bits per heavy atom. The number of nitrogens with zero attached hydrogens (tertiary/aromatic N) is 3. The fourth-order valence-electron chi connectivity index (χ4n) is 2.32. The maximum absolute atomic E-state index is 6.20. The lowest BCUT2D eigenvalue weighted by atomic mass is 10.2. The van der Waals surface area contributed by atoms with Crippen molar-refractivity contribution < 1.29 is 9.47 Å². The van der Waals surface area contributed by atoms with Gasteiger partial charge in [-0.05, 0) is 30.7 Å². The number of benzene rings is 2. The summed E-state index contributed by atoms with van der Waals surface area (Å²) in [6.07, 6.45) is 3.19. The highest BCUT2D eigenvalue weighted by molar-refractivity contribution is 9.10. The van der Waals surface area contributed by atoms with Crippen molar-refractivity contribution in [1.82, 2.24) is 14.9 Å². The highest BCUT2D eigenvalue weighted by atomic mass is 79.9. The van der Waals surface area contributed by atoms with Crippen LogP contribution in [0.15, 0.2) is 53.5 Å². The average Bonchev–Trinajstić information content (AvgIpc) is 3.15. The first-order valence-corrected chi connectivity index (χ1v) is 9.24. The van der Waals surface area contributed by atoms with Crippen LogP contribution in [0.1, 0.15) is 18.1 Å². The van der Waals surface area contributed by atoms with E-state index >= 15 is 0 Å². The van der Waals surface area contributed by atoms with Gasteiger partial charge in [0.25, 0.3) is 0 Å². The quantitative estimate of drug-likeness (QED) is 0.565. The minimum Gasteiger partial charge on any atom is -0.490 e. The number of hydrogen-bond donors (Lipinski definition) is 1. The van der Waals surface area contributed by atoms with Gasteiger partial charge in [-0.3, -0.25) is 0 Å². The maximum atomic E-state index is 6.20. The molecule has 0 radical (unpaired) electrons. The predicted octanol–water partition coefficient (Wildman–Crippen LogP) is 4.42. The lowest BCUT2D eigenvalue weighted by molar-refractivity contribution is 0.269. The van der Waals surface area contributed by atoms with Gasteiger partial charge in [0, 0.05) is 15.1 Å². The summed E-state index contributed by atoms with van der Waals surface area (Å²) < 4.78 is 14.3. The van der Waals surface area contributed by atoms with E-state index in [4.69, 9.17) is 21.1 Å². The molecule has 1 heterocycles. The lowest BCUT2D eigenvalue weighted by Crippen LogP contribution is -2.13. The number of rotatable bonds is 8. The standard InChI is InChI=1S/C18H18BrClN4O2/c1-2-25-17-7-14(9-23-24-11-21-22-12-24)15(19)8-18(17)26-10-13-5-3-4-6-16(13)20/h3-8,11-12,23H,2,9-10H2,1H3. The Morgan fingerprint density at radius 1 is 1.08 bits per heavy atom. The highest BCUT2D eigenvalue weighted by Gasteiger charge is 2.12. The Labute approximate surface area is 165 Å². The summed E-state index contributed by atoms with van der Waals surface area (Å²) in [6, 6.07) is 11.5. The third-order valence-electron chi connectivity index (χ3n) is 3.62. The lowest BCUT2D eigenvalue weighted by Gasteiger charge is -2.16. The summed E-state index contributed by atoms with van der Waals surface area (Å²) in [5, 5.41) is 8.20. The van der Waals surface area contributed by atoms with Crippen molar-refractivity contribution in [3.05, 3.63) is 69.7 Å². The van der Waals surface area contributed by atoms with Crippen molar-refractivity contribution in [2.75, 3.05) is 12.0 Å². The SMILES string of the molecule is CCOc1cc(CNn2cnnc2)c(Br)cc1OCc1ccccc1Cl. The van der Waals surface area contributed by atoms with Gasteiger partial charge in [-0.2, -0.15) is 0 Å². The summed E-state index contributed by atoms with van der Waals surface area (Å²) in [6.45, 7) is 3.42. The molecule has 0 saturated heterocycles. The Morgan fingerprint density at radius 2 is 1.81 bits per heavy atom. The molecule has 0 aliphatic heterocycles. The number of ether oxygens (including phenoxy) is 2. The molecule has 3 rings (SSSR count). The topological polar surface area (TPSA) is 61.2 Å². The first-order valence-electron chi connectivity index (χ1n) is 8.07. The molecule has 1 N–H and O–H groups in total. The fourth-order valence-corrected chi connectivity index (χ4v) is 2.98. The Balaban J connectivity index is 1.76. The van der Waals surface area contributed by atoms with Crippen LogP contribution >= 0.6 is 27.5 Å². The van der Waals surface area contributed by atoms with E-state index in [0.29, 0.717) is 36.3 Å². The van der Waals surface area contributed by atoms with Crippen molar-refractivity contribution in [2.45, 2.75) is 20.1 Å². The van der Waals surface area contributed by atoms with Gasteiger partial charge in [0.05, 0.1) is 13.2 Å². The zero-order chi connectivity index (χ0) is 18.4. The van der Waals surface area contributed by atoms with Crippen LogP contribution in [-0.4, -0.2) is 21.5 Å². The molecule has 26 heavy (non-hydrogen) atoms. The summed E-state index contributed by atoms with van der Waals surface area (Å²) in [7, 11) is 0. The van der Waals surface area contributed by atoms with Crippen molar-refractivity contribution in [1.29, 1.82) is 0 Å². The van der Waals surface area contributed by atoms with Crippen molar-refractivity contribution in [2.24, 2.45) is 0 Å². The molecule has 6 nitrogen and oxygen atoms in total.